The zero-order valence-electron chi connectivity index (χ0n) is 14.1. The molecule has 0 bridgehead atoms. The Bertz CT molecular complexity index is 962. The first-order chi connectivity index (χ1) is 13.1. The molecular formula is C17H14ClN5O4. The molecule has 1 N–H and O–H groups in total. The molecule has 1 heterocycles. The number of methoxy groups -OCH3 is 1. The van der Waals surface area contributed by atoms with Crippen molar-refractivity contribution in [2.75, 3.05) is 19.0 Å². The molecule has 0 saturated carbocycles. The number of carbonyl (C=O) groups excluding carboxylic acids is 2. The highest BCUT2D eigenvalue weighted by atomic mass is 35.5. The molecule has 0 saturated heterocycles. The van der Waals surface area contributed by atoms with Gasteiger partial charge in [-0.3, -0.25) is 4.79 Å². The second-order valence-corrected chi connectivity index (χ2v) is 5.71. The molecule has 2 aromatic carbocycles. The molecule has 0 aliphatic rings. The number of tetrazole rings is 1. The van der Waals surface area contributed by atoms with E-state index in [1.165, 1.54) is 24.2 Å². The number of aromatic nitrogens is 4. The molecule has 0 unspecified atom stereocenters. The largest absolute Gasteiger partial charge is 0.495 e. The first kappa shape index (κ1) is 18.3. The van der Waals surface area contributed by atoms with Gasteiger partial charge in [-0.1, -0.05) is 17.7 Å². The van der Waals surface area contributed by atoms with Crippen LogP contribution in [0.5, 0.6) is 5.75 Å². The second-order valence-electron chi connectivity index (χ2n) is 5.27. The number of anilines is 1. The monoisotopic (exact) mass is 387 g/mol. The van der Waals surface area contributed by atoms with Crippen molar-refractivity contribution in [3.05, 3.63) is 59.4 Å². The maximum absolute atomic E-state index is 12.2. The fraction of sp³-hybridized carbons (Fsp3) is 0.118. The maximum Gasteiger partial charge on any atom is 0.338 e. The van der Waals surface area contributed by atoms with E-state index in [0.717, 1.165) is 0 Å². The van der Waals surface area contributed by atoms with Crippen LogP contribution in [0.1, 0.15) is 10.4 Å². The standard InChI is InChI=1S/C17H14ClN5O4/c1-26-15-6-5-12(18)8-14(15)20-16(24)9-27-17(25)11-3-2-4-13(7-11)23-10-19-21-22-23/h2-8,10H,9H2,1H3,(H,20,24). The summed E-state index contributed by atoms with van der Waals surface area (Å²) in [7, 11) is 1.47. The van der Waals surface area contributed by atoms with Gasteiger partial charge < -0.3 is 14.8 Å². The lowest BCUT2D eigenvalue weighted by molar-refractivity contribution is -0.119. The summed E-state index contributed by atoms with van der Waals surface area (Å²) in [6.45, 7) is -0.469. The van der Waals surface area contributed by atoms with Crippen LogP contribution >= 0.6 is 11.6 Å². The van der Waals surface area contributed by atoms with E-state index in [0.29, 0.717) is 22.1 Å². The van der Waals surface area contributed by atoms with E-state index in [9.17, 15) is 9.59 Å². The zero-order valence-corrected chi connectivity index (χ0v) is 14.9. The first-order valence-corrected chi connectivity index (χ1v) is 8.08. The Morgan fingerprint density at radius 2 is 2.07 bits per heavy atom. The summed E-state index contributed by atoms with van der Waals surface area (Å²) < 4.78 is 11.6. The number of hydrogen-bond acceptors (Lipinski definition) is 7. The lowest BCUT2D eigenvalue weighted by Gasteiger charge is -2.11. The van der Waals surface area contributed by atoms with Crippen LogP contribution < -0.4 is 10.1 Å². The molecule has 0 radical (unpaired) electrons. The van der Waals surface area contributed by atoms with Gasteiger partial charge in [-0.2, -0.15) is 0 Å². The summed E-state index contributed by atoms with van der Waals surface area (Å²) in [4.78, 5) is 24.3. The summed E-state index contributed by atoms with van der Waals surface area (Å²) in [6, 6.07) is 11.3. The Kier molecular flexibility index (Phi) is 5.62. The predicted molar refractivity (Wildman–Crippen MR) is 96.1 cm³/mol. The molecule has 3 aromatic rings. The summed E-state index contributed by atoms with van der Waals surface area (Å²) in [5.41, 5.74) is 1.23. The van der Waals surface area contributed by atoms with Crippen LogP contribution in [0.3, 0.4) is 0 Å². The Morgan fingerprint density at radius 1 is 1.22 bits per heavy atom. The summed E-state index contributed by atoms with van der Waals surface area (Å²) in [5.74, 6) is -0.744. The van der Waals surface area contributed by atoms with Crippen molar-refractivity contribution in [2.45, 2.75) is 0 Å². The Morgan fingerprint density at radius 3 is 2.81 bits per heavy atom. The van der Waals surface area contributed by atoms with Crippen LogP contribution in [-0.4, -0.2) is 45.8 Å². The number of amides is 1. The van der Waals surface area contributed by atoms with Gasteiger partial charge in [0.1, 0.15) is 12.1 Å². The number of rotatable bonds is 6. The smallest absolute Gasteiger partial charge is 0.338 e. The van der Waals surface area contributed by atoms with Crippen LogP contribution in [0, 0.1) is 0 Å². The molecule has 138 valence electrons. The minimum absolute atomic E-state index is 0.260. The van der Waals surface area contributed by atoms with E-state index in [4.69, 9.17) is 21.1 Å². The summed E-state index contributed by atoms with van der Waals surface area (Å²) in [5, 5.41) is 13.8. The first-order valence-electron chi connectivity index (χ1n) is 7.71. The third kappa shape index (κ3) is 4.59. The van der Waals surface area contributed by atoms with Crippen LogP contribution in [0.25, 0.3) is 5.69 Å². The average molecular weight is 388 g/mol. The number of nitrogens with zero attached hydrogens (tertiary/aromatic N) is 4. The lowest BCUT2D eigenvalue weighted by atomic mass is 10.2. The zero-order chi connectivity index (χ0) is 19.2. The van der Waals surface area contributed by atoms with Gasteiger partial charge in [-0.05, 0) is 46.8 Å². The SMILES string of the molecule is COc1ccc(Cl)cc1NC(=O)COC(=O)c1cccc(-n2cnnn2)c1. The number of benzene rings is 2. The minimum atomic E-state index is -0.655. The van der Waals surface area contributed by atoms with E-state index in [1.807, 2.05) is 0 Å². The van der Waals surface area contributed by atoms with E-state index in [-0.39, 0.29) is 5.56 Å². The van der Waals surface area contributed by atoms with Gasteiger partial charge in [0.05, 0.1) is 24.0 Å². The summed E-state index contributed by atoms with van der Waals surface area (Å²) >= 11 is 5.91. The molecule has 0 atom stereocenters. The molecule has 0 fully saturated rings. The molecular weight excluding hydrogens is 374 g/mol. The third-order valence-electron chi connectivity index (χ3n) is 3.47. The van der Waals surface area contributed by atoms with Crippen molar-refractivity contribution in [2.24, 2.45) is 0 Å². The van der Waals surface area contributed by atoms with Crippen LogP contribution in [0.4, 0.5) is 5.69 Å². The fourth-order valence-electron chi connectivity index (χ4n) is 2.23. The number of nitrogens with one attached hydrogen (secondary N) is 1. The topological polar surface area (TPSA) is 108 Å². The molecule has 3 rings (SSSR count). The number of carbonyl (C=O) groups is 2. The van der Waals surface area contributed by atoms with Crippen molar-refractivity contribution >= 4 is 29.2 Å². The molecule has 27 heavy (non-hydrogen) atoms. The van der Waals surface area contributed by atoms with Gasteiger partial charge in [0.15, 0.2) is 6.61 Å². The Hall–Kier alpha value is -3.46. The van der Waals surface area contributed by atoms with Crippen molar-refractivity contribution in [3.63, 3.8) is 0 Å². The Labute approximate surface area is 158 Å². The number of esters is 1. The average Bonchev–Trinajstić information content (AvgIpc) is 3.21. The quantitative estimate of drug-likeness (QED) is 0.645. The van der Waals surface area contributed by atoms with Crippen molar-refractivity contribution < 1.29 is 19.1 Å². The lowest BCUT2D eigenvalue weighted by Crippen LogP contribution is -2.21. The van der Waals surface area contributed by atoms with E-state index in [2.05, 4.69) is 20.8 Å². The van der Waals surface area contributed by atoms with Gasteiger partial charge in [-0.15, -0.1) is 5.10 Å². The van der Waals surface area contributed by atoms with Crippen LogP contribution in [0.15, 0.2) is 48.8 Å². The summed E-state index contributed by atoms with van der Waals surface area (Å²) in [6.07, 6.45) is 1.40. The number of ether oxygens (including phenoxy) is 2. The molecule has 0 aliphatic carbocycles. The number of hydrogen-bond donors (Lipinski definition) is 1. The van der Waals surface area contributed by atoms with E-state index < -0.39 is 18.5 Å². The van der Waals surface area contributed by atoms with Crippen molar-refractivity contribution in [1.82, 2.24) is 20.2 Å². The maximum atomic E-state index is 12.2. The van der Waals surface area contributed by atoms with Crippen LogP contribution in [0.2, 0.25) is 5.02 Å². The minimum Gasteiger partial charge on any atom is -0.495 e. The van der Waals surface area contributed by atoms with Gasteiger partial charge >= 0.3 is 5.97 Å². The molecule has 10 heteroatoms. The highest BCUT2D eigenvalue weighted by Gasteiger charge is 2.13. The second kappa shape index (κ2) is 8.28. The highest BCUT2D eigenvalue weighted by Crippen LogP contribution is 2.27. The fourth-order valence-corrected chi connectivity index (χ4v) is 2.41. The third-order valence-corrected chi connectivity index (χ3v) is 3.70. The van der Waals surface area contributed by atoms with Gasteiger partial charge in [-0.25, -0.2) is 9.48 Å². The van der Waals surface area contributed by atoms with Crippen molar-refractivity contribution in [3.8, 4) is 11.4 Å². The normalized spacial score (nSPS) is 10.3. The van der Waals surface area contributed by atoms with Crippen molar-refractivity contribution in [1.29, 1.82) is 0 Å². The number of halogens is 1. The van der Waals surface area contributed by atoms with Gasteiger partial charge in [0.25, 0.3) is 5.91 Å². The molecule has 1 aromatic heterocycles. The van der Waals surface area contributed by atoms with Gasteiger partial charge in [0, 0.05) is 5.02 Å². The van der Waals surface area contributed by atoms with E-state index >= 15 is 0 Å². The molecule has 0 spiro atoms. The Balaban J connectivity index is 1.62. The van der Waals surface area contributed by atoms with Gasteiger partial charge in [0.2, 0.25) is 0 Å². The molecule has 1 amide bonds. The van der Waals surface area contributed by atoms with Crippen LogP contribution in [-0.2, 0) is 9.53 Å². The predicted octanol–water partition coefficient (Wildman–Crippen LogP) is 2.12. The molecule has 9 nitrogen and oxygen atoms in total. The highest BCUT2D eigenvalue weighted by molar-refractivity contribution is 6.31. The van der Waals surface area contributed by atoms with E-state index in [1.54, 1.807) is 36.4 Å². The molecule has 0 aliphatic heterocycles.